The van der Waals surface area contributed by atoms with E-state index in [-0.39, 0.29) is 12.5 Å². The number of rotatable bonds is 5. The summed E-state index contributed by atoms with van der Waals surface area (Å²) >= 11 is 6.00. The summed E-state index contributed by atoms with van der Waals surface area (Å²) in [6.07, 6.45) is 0. The Morgan fingerprint density at radius 3 is 2.60 bits per heavy atom. The average molecular weight is 291 g/mol. The first-order valence-corrected chi connectivity index (χ1v) is 6.52. The van der Waals surface area contributed by atoms with E-state index in [1.54, 1.807) is 30.3 Å². The highest BCUT2D eigenvalue weighted by Gasteiger charge is 2.06. The van der Waals surface area contributed by atoms with E-state index in [2.05, 4.69) is 5.32 Å². The van der Waals surface area contributed by atoms with Gasteiger partial charge in [0.1, 0.15) is 5.75 Å². The number of halogens is 1. The Kier molecular flexibility index (Phi) is 4.85. The number of hydrogen-bond donors (Lipinski definition) is 2. The predicted octanol–water partition coefficient (Wildman–Crippen LogP) is 2.62. The van der Waals surface area contributed by atoms with Gasteiger partial charge in [-0.2, -0.15) is 0 Å². The Morgan fingerprint density at radius 1 is 1.15 bits per heavy atom. The molecule has 2 aromatic carbocycles. The minimum atomic E-state index is -0.229. The molecule has 0 aromatic heterocycles. The molecule has 0 aliphatic heterocycles. The molecule has 0 bridgehead atoms. The number of ether oxygens (including phenoxy) is 1. The first kappa shape index (κ1) is 14.2. The van der Waals surface area contributed by atoms with Crippen molar-refractivity contribution in [3.05, 3.63) is 59.1 Å². The third-order valence-corrected chi connectivity index (χ3v) is 3.08. The second-order valence-corrected chi connectivity index (χ2v) is 4.60. The van der Waals surface area contributed by atoms with Crippen LogP contribution in [-0.2, 0) is 11.3 Å². The molecule has 0 radical (unpaired) electrons. The molecule has 0 spiro atoms. The summed E-state index contributed by atoms with van der Waals surface area (Å²) in [6.45, 7) is 0.283. The molecule has 2 rings (SSSR count). The van der Waals surface area contributed by atoms with Crippen LogP contribution < -0.4 is 15.8 Å². The van der Waals surface area contributed by atoms with Gasteiger partial charge in [0.2, 0.25) is 0 Å². The van der Waals surface area contributed by atoms with Gasteiger partial charge < -0.3 is 15.8 Å². The van der Waals surface area contributed by atoms with Gasteiger partial charge in [-0.3, -0.25) is 4.79 Å². The maximum absolute atomic E-state index is 11.7. The second kappa shape index (κ2) is 6.82. The normalized spacial score (nSPS) is 10.1. The summed E-state index contributed by atoms with van der Waals surface area (Å²) < 4.78 is 5.35. The van der Waals surface area contributed by atoms with Crippen LogP contribution in [0.25, 0.3) is 0 Å². The van der Waals surface area contributed by atoms with E-state index >= 15 is 0 Å². The topological polar surface area (TPSA) is 64.3 Å². The number of anilines is 1. The first-order chi connectivity index (χ1) is 9.66. The zero-order valence-electron chi connectivity index (χ0n) is 10.8. The minimum Gasteiger partial charge on any atom is -0.482 e. The molecule has 3 N–H and O–H groups in total. The molecule has 0 aliphatic rings. The molecule has 20 heavy (non-hydrogen) atoms. The van der Waals surface area contributed by atoms with Crippen molar-refractivity contribution in [2.45, 2.75) is 6.54 Å². The monoisotopic (exact) mass is 290 g/mol. The lowest BCUT2D eigenvalue weighted by atomic mass is 10.2. The van der Waals surface area contributed by atoms with Crippen LogP contribution in [0.15, 0.2) is 48.5 Å². The van der Waals surface area contributed by atoms with E-state index in [0.29, 0.717) is 23.0 Å². The number of carbonyl (C=O) groups excluding carboxylic acids is 1. The lowest BCUT2D eigenvalue weighted by Crippen LogP contribution is -2.28. The molecule has 1 amide bonds. The number of para-hydroxylation sites is 2. The number of amides is 1. The van der Waals surface area contributed by atoms with Gasteiger partial charge in [0.15, 0.2) is 6.61 Å². The fourth-order valence-electron chi connectivity index (χ4n) is 1.64. The number of benzene rings is 2. The molecule has 0 atom stereocenters. The largest absolute Gasteiger partial charge is 0.482 e. The number of carbonyl (C=O) groups is 1. The van der Waals surface area contributed by atoms with Gasteiger partial charge in [-0.05, 0) is 23.8 Å². The van der Waals surface area contributed by atoms with Crippen LogP contribution in [-0.4, -0.2) is 12.5 Å². The highest BCUT2D eigenvalue weighted by molar-refractivity contribution is 6.31. The highest BCUT2D eigenvalue weighted by atomic mass is 35.5. The van der Waals surface area contributed by atoms with Gasteiger partial charge in [-0.25, -0.2) is 0 Å². The van der Waals surface area contributed by atoms with Crippen LogP contribution in [0.1, 0.15) is 5.56 Å². The lowest BCUT2D eigenvalue weighted by Gasteiger charge is -2.09. The Bertz CT molecular complexity index is 550. The molecule has 0 fully saturated rings. The van der Waals surface area contributed by atoms with Gasteiger partial charge in [-0.1, -0.05) is 41.9 Å². The van der Waals surface area contributed by atoms with Crippen molar-refractivity contribution in [2.24, 2.45) is 0 Å². The molecule has 4 nitrogen and oxygen atoms in total. The van der Waals surface area contributed by atoms with E-state index in [0.717, 1.165) is 5.56 Å². The number of nitrogen functional groups attached to an aromatic ring is 1. The molecular weight excluding hydrogens is 276 g/mol. The SMILES string of the molecule is Nc1ccccc1OCC(=O)NCc1ccccc1Cl. The summed E-state index contributed by atoms with van der Waals surface area (Å²) in [5, 5.41) is 3.37. The van der Waals surface area contributed by atoms with E-state index in [1.807, 2.05) is 18.2 Å². The molecule has 0 unspecified atom stereocenters. The molecule has 104 valence electrons. The van der Waals surface area contributed by atoms with Crippen molar-refractivity contribution in [2.75, 3.05) is 12.3 Å². The Labute approximate surface area is 122 Å². The number of nitrogens with one attached hydrogen (secondary N) is 1. The van der Waals surface area contributed by atoms with Crippen LogP contribution in [0.2, 0.25) is 5.02 Å². The van der Waals surface area contributed by atoms with Gasteiger partial charge in [0, 0.05) is 11.6 Å². The highest BCUT2D eigenvalue weighted by Crippen LogP contribution is 2.19. The van der Waals surface area contributed by atoms with Crippen molar-refractivity contribution >= 4 is 23.2 Å². The zero-order chi connectivity index (χ0) is 14.4. The summed E-state index contributed by atoms with van der Waals surface area (Å²) in [4.78, 5) is 11.7. The quantitative estimate of drug-likeness (QED) is 0.832. The summed E-state index contributed by atoms with van der Waals surface area (Å²) in [5.41, 5.74) is 7.09. The Hall–Kier alpha value is -2.20. The first-order valence-electron chi connectivity index (χ1n) is 6.14. The Balaban J connectivity index is 1.82. The third kappa shape index (κ3) is 3.90. The van der Waals surface area contributed by atoms with Gasteiger partial charge in [0.05, 0.1) is 5.69 Å². The van der Waals surface area contributed by atoms with Crippen molar-refractivity contribution in [3.8, 4) is 5.75 Å². The molecule has 5 heteroatoms. The molecule has 0 aliphatic carbocycles. The van der Waals surface area contributed by atoms with Crippen molar-refractivity contribution in [1.29, 1.82) is 0 Å². The van der Waals surface area contributed by atoms with Crippen molar-refractivity contribution in [1.82, 2.24) is 5.32 Å². The number of nitrogens with two attached hydrogens (primary N) is 1. The summed E-state index contributed by atoms with van der Waals surface area (Å²) in [5.74, 6) is 0.272. The number of hydrogen-bond acceptors (Lipinski definition) is 3. The standard InChI is InChI=1S/C15H15ClN2O2/c16-12-6-2-1-5-11(12)9-18-15(19)10-20-14-8-4-3-7-13(14)17/h1-8H,9-10,17H2,(H,18,19). The maximum atomic E-state index is 11.7. The molecule has 0 saturated heterocycles. The van der Waals surface area contributed by atoms with Crippen LogP contribution in [0.5, 0.6) is 5.75 Å². The van der Waals surface area contributed by atoms with Crippen molar-refractivity contribution in [3.63, 3.8) is 0 Å². The van der Waals surface area contributed by atoms with Crippen LogP contribution in [0, 0.1) is 0 Å². The fourth-order valence-corrected chi connectivity index (χ4v) is 1.84. The summed E-state index contributed by atoms with van der Waals surface area (Å²) in [6, 6.07) is 14.4. The second-order valence-electron chi connectivity index (χ2n) is 4.19. The minimum absolute atomic E-state index is 0.0847. The Morgan fingerprint density at radius 2 is 1.85 bits per heavy atom. The van der Waals surface area contributed by atoms with E-state index in [1.165, 1.54) is 0 Å². The van der Waals surface area contributed by atoms with E-state index in [4.69, 9.17) is 22.1 Å². The zero-order valence-corrected chi connectivity index (χ0v) is 11.6. The van der Waals surface area contributed by atoms with Gasteiger partial charge in [0.25, 0.3) is 5.91 Å². The van der Waals surface area contributed by atoms with Gasteiger partial charge >= 0.3 is 0 Å². The van der Waals surface area contributed by atoms with Crippen LogP contribution >= 0.6 is 11.6 Å². The molecule has 0 saturated carbocycles. The van der Waals surface area contributed by atoms with Crippen LogP contribution in [0.4, 0.5) is 5.69 Å². The van der Waals surface area contributed by atoms with E-state index in [9.17, 15) is 4.79 Å². The molecule has 0 heterocycles. The fraction of sp³-hybridized carbons (Fsp3) is 0.133. The van der Waals surface area contributed by atoms with E-state index < -0.39 is 0 Å². The average Bonchev–Trinajstić information content (AvgIpc) is 2.45. The third-order valence-electron chi connectivity index (χ3n) is 2.71. The molecular formula is C15H15ClN2O2. The molecule has 2 aromatic rings. The lowest BCUT2D eigenvalue weighted by molar-refractivity contribution is -0.123. The van der Waals surface area contributed by atoms with Crippen LogP contribution in [0.3, 0.4) is 0 Å². The maximum Gasteiger partial charge on any atom is 0.258 e. The summed E-state index contributed by atoms with van der Waals surface area (Å²) in [7, 11) is 0. The smallest absolute Gasteiger partial charge is 0.258 e. The predicted molar refractivity (Wildman–Crippen MR) is 79.6 cm³/mol. The van der Waals surface area contributed by atoms with Gasteiger partial charge in [-0.15, -0.1) is 0 Å². The van der Waals surface area contributed by atoms with Crippen molar-refractivity contribution < 1.29 is 9.53 Å².